The third kappa shape index (κ3) is 3.79. The SMILES string of the molecule is Cc1ccc(Oc2ccccc2NC(=O)Cn2nnc3ccccc32)cc1. The molecule has 0 spiro atoms. The minimum Gasteiger partial charge on any atom is -0.455 e. The number of hydrogen-bond acceptors (Lipinski definition) is 4. The monoisotopic (exact) mass is 358 g/mol. The summed E-state index contributed by atoms with van der Waals surface area (Å²) in [7, 11) is 0. The molecule has 6 nitrogen and oxygen atoms in total. The summed E-state index contributed by atoms with van der Waals surface area (Å²) in [5, 5.41) is 11.0. The van der Waals surface area contributed by atoms with E-state index in [1.54, 1.807) is 10.7 Å². The van der Waals surface area contributed by atoms with Crippen LogP contribution in [0.5, 0.6) is 11.5 Å². The molecule has 3 aromatic carbocycles. The van der Waals surface area contributed by atoms with Crippen molar-refractivity contribution in [1.29, 1.82) is 0 Å². The Morgan fingerprint density at radius 3 is 2.59 bits per heavy atom. The number of aryl methyl sites for hydroxylation is 1. The van der Waals surface area contributed by atoms with E-state index >= 15 is 0 Å². The van der Waals surface area contributed by atoms with Crippen LogP contribution in [0.2, 0.25) is 0 Å². The highest BCUT2D eigenvalue weighted by Gasteiger charge is 2.11. The van der Waals surface area contributed by atoms with Crippen molar-refractivity contribution in [3.8, 4) is 11.5 Å². The zero-order chi connectivity index (χ0) is 18.6. The van der Waals surface area contributed by atoms with Crippen LogP contribution in [-0.4, -0.2) is 20.9 Å². The van der Waals surface area contributed by atoms with Crippen LogP contribution in [0.1, 0.15) is 5.56 Å². The fourth-order valence-corrected chi connectivity index (χ4v) is 2.75. The second-order valence-electron chi connectivity index (χ2n) is 6.20. The lowest BCUT2D eigenvalue weighted by Crippen LogP contribution is -2.19. The van der Waals surface area contributed by atoms with Crippen LogP contribution in [0.3, 0.4) is 0 Å². The maximum Gasteiger partial charge on any atom is 0.246 e. The number of anilines is 1. The molecular formula is C21H18N4O2. The molecular weight excluding hydrogens is 340 g/mol. The largest absolute Gasteiger partial charge is 0.455 e. The van der Waals surface area contributed by atoms with Crippen LogP contribution in [0.25, 0.3) is 11.0 Å². The van der Waals surface area contributed by atoms with Gasteiger partial charge in [-0.05, 0) is 43.3 Å². The zero-order valence-electron chi connectivity index (χ0n) is 14.8. The molecule has 4 aromatic rings. The lowest BCUT2D eigenvalue weighted by Gasteiger charge is -2.12. The van der Waals surface area contributed by atoms with Gasteiger partial charge in [-0.2, -0.15) is 0 Å². The first-order chi connectivity index (χ1) is 13.2. The van der Waals surface area contributed by atoms with Crippen molar-refractivity contribution in [3.05, 3.63) is 78.4 Å². The van der Waals surface area contributed by atoms with E-state index in [0.29, 0.717) is 17.2 Å². The third-order valence-corrected chi connectivity index (χ3v) is 4.12. The van der Waals surface area contributed by atoms with Crippen molar-refractivity contribution >= 4 is 22.6 Å². The van der Waals surface area contributed by atoms with Gasteiger partial charge in [0.1, 0.15) is 17.8 Å². The Bertz CT molecular complexity index is 1090. The van der Waals surface area contributed by atoms with Crippen molar-refractivity contribution in [2.45, 2.75) is 13.5 Å². The molecule has 0 aliphatic rings. The average Bonchev–Trinajstić information content (AvgIpc) is 3.08. The number of benzene rings is 3. The minimum absolute atomic E-state index is 0.0688. The van der Waals surface area contributed by atoms with E-state index in [9.17, 15) is 4.79 Å². The normalized spacial score (nSPS) is 10.7. The number of fused-ring (bicyclic) bond motifs is 1. The van der Waals surface area contributed by atoms with E-state index in [1.807, 2.05) is 73.7 Å². The lowest BCUT2D eigenvalue weighted by atomic mass is 10.2. The lowest BCUT2D eigenvalue weighted by molar-refractivity contribution is -0.116. The Hall–Kier alpha value is -3.67. The quantitative estimate of drug-likeness (QED) is 0.581. The van der Waals surface area contributed by atoms with Gasteiger partial charge in [-0.1, -0.05) is 47.2 Å². The number of amides is 1. The third-order valence-electron chi connectivity index (χ3n) is 4.12. The van der Waals surface area contributed by atoms with Gasteiger partial charge in [0, 0.05) is 0 Å². The number of ether oxygens (including phenoxy) is 1. The van der Waals surface area contributed by atoms with Gasteiger partial charge < -0.3 is 10.1 Å². The molecule has 0 atom stereocenters. The Morgan fingerprint density at radius 2 is 1.74 bits per heavy atom. The Kier molecular flexibility index (Phi) is 4.53. The molecule has 134 valence electrons. The van der Waals surface area contributed by atoms with Crippen LogP contribution in [-0.2, 0) is 11.3 Å². The number of carbonyl (C=O) groups is 1. The molecule has 0 fully saturated rings. The summed E-state index contributed by atoms with van der Waals surface area (Å²) in [5.74, 6) is 1.09. The molecule has 0 bridgehead atoms. The van der Waals surface area contributed by atoms with Crippen LogP contribution in [0, 0.1) is 6.92 Å². The highest BCUT2D eigenvalue weighted by molar-refractivity contribution is 5.92. The van der Waals surface area contributed by atoms with E-state index < -0.39 is 0 Å². The van der Waals surface area contributed by atoms with Crippen molar-refractivity contribution in [1.82, 2.24) is 15.0 Å². The van der Waals surface area contributed by atoms with Gasteiger partial charge >= 0.3 is 0 Å². The Morgan fingerprint density at radius 1 is 1.00 bits per heavy atom. The van der Waals surface area contributed by atoms with E-state index in [2.05, 4.69) is 15.6 Å². The van der Waals surface area contributed by atoms with Gasteiger partial charge in [0.2, 0.25) is 5.91 Å². The predicted octanol–water partition coefficient (Wildman–Crippen LogP) is 4.17. The number of aromatic nitrogens is 3. The summed E-state index contributed by atoms with van der Waals surface area (Å²) in [6.45, 7) is 2.09. The first-order valence-corrected chi connectivity index (χ1v) is 8.61. The van der Waals surface area contributed by atoms with E-state index in [0.717, 1.165) is 16.6 Å². The smallest absolute Gasteiger partial charge is 0.246 e. The fraction of sp³-hybridized carbons (Fsp3) is 0.0952. The van der Waals surface area contributed by atoms with E-state index in [-0.39, 0.29) is 12.5 Å². The molecule has 1 N–H and O–H groups in total. The maximum absolute atomic E-state index is 12.5. The van der Waals surface area contributed by atoms with Crippen LogP contribution >= 0.6 is 0 Å². The Balaban J connectivity index is 1.50. The number of carbonyl (C=O) groups excluding carboxylic acids is 1. The number of para-hydroxylation sites is 3. The van der Waals surface area contributed by atoms with Gasteiger partial charge in [-0.3, -0.25) is 4.79 Å². The fourth-order valence-electron chi connectivity index (χ4n) is 2.75. The molecule has 0 saturated carbocycles. The standard InChI is InChI=1S/C21H18N4O2/c1-15-10-12-16(13-11-15)27-20-9-5-3-7-18(20)22-21(26)14-25-19-8-4-2-6-17(19)23-24-25/h2-13H,14H2,1H3,(H,22,26). The molecule has 6 heteroatoms. The van der Waals surface area contributed by atoms with Gasteiger partial charge in [0.25, 0.3) is 0 Å². The summed E-state index contributed by atoms with van der Waals surface area (Å²) >= 11 is 0. The topological polar surface area (TPSA) is 69.0 Å². The van der Waals surface area contributed by atoms with Gasteiger partial charge in [-0.15, -0.1) is 5.10 Å². The van der Waals surface area contributed by atoms with Crippen molar-refractivity contribution < 1.29 is 9.53 Å². The second-order valence-corrected chi connectivity index (χ2v) is 6.20. The Labute approximate surface area is 156 Å². The molecule has 0 unspecified atom stereocenters. The van der Waals surface area contributed by atoms with E-state index in [1.165, 1.54) is 0 Å². The number of rotatable bonds is 5. The molecule has 4 rings (SSSR count). The predicted molar refractivity (Wildman–Crippen MR) is 104 cm³/mol. The molecule has 1 heterocycles. The molecule has 0 radical (unpaired) electrons. The van der Waals surface area contributed by atoms with Crippen molar-refractivity contribution in [2.24, 2.45) is 0 Å². The highest BCUT2D eigenvalue weighted by atomic mass is 16.5. The molecule has 0 aliphatic heterocycles. The first-order valence-electron chi connectivity index (χ1n) is 8.61. The summed E-state index contributed by atoms with van der Waals surface area (Å²) in [6, 6.07) is 22.6. The first kappa shape index (κ1) is 16.8. The number of hydrogen-bond donors (Lipinski definition) is 1. The summed E-state index contributed by atoms with van der Waals surface area (Å²) in [4.78, 5) is 12.5. The molecule has 1 amide bonds. The van der Waals surface area contributed by atoms with E-state index in [4.69, 9.17) is 4.74 Å². The molecule has 27 heavy (non-hydrogen) atoms. The van der Waals surface area contributed by atoms with Crippen LogP contribution < -0.4 is 10.1 Å². The van der Waals surface area contributed by atoms with Crippen LogP contribution in [0.15, 0.2) is 72.8 Å². The summed E-state index contributed by atoms with van der Waals surface area (Å²) < 4.78 is 7.50. The van der Waals surface area contributed by atoms with Gasteiger partial charge in [-0.25, -0.2) is 4.68 Å². The zero-order valence-corrected chi connectivity index (χ0v) is 14.8. The highest BCUT2D eigenvalue weighted by Crippen LogP contribution is 2.29. The molecule has 0 aliphatic carbocycles. The average molecular weight is 358 g/mol. The van der Waals surface area contributed by atoms with Crippen molar-refractivity contribution in [3.63, 3.8) is 0 Å². The van der Waals surface area contributed by atoms with Gasteiger partial charge in [0.05, 0.1) is 11.2 Å². The summed E-state index contributed by atoms with van der Waals surface area (Å²) in [6.07, 6.45) is 0. The maximum atomic E-state index is 12.5. The minimum atomic E-state index is -0.203. The molecule has 1 aromatic heterocycles. The van der Waals surface area contributed by atoms with Gasteiger partial charge in [0.15, 0.2) is 5.75 Å². The van der Waals surface area contributed by atoms with Crippen molar-refractivity contribution in [2.75, 3.05) is 5.32 Å². The number of nitrogens with one attached hydrogen (secondary N) is 1. The summed E-state index contributed by atoms with van der Waals surface area (Å²) in [5.41, 5.74) is 3.33. The number of nitrogens with zero attached hydrogens (tertiary/aromatic N) is 3. The second kappa shape index (κ2) is 7.29. The van der Waals surface area contributed by atoms with Crippen LogP contribution in [0.4, 0.5) is 5.69 Å². The molecule has 0 saturated heterocycles.